The van der Waals surface area contributed by atoms with E-state index in [4.69, 9.17) is 9.26 Å². The van der Waals surface area contributed by atoms with E-state index >= 15 is 0 Å². The number of fused-ring (bicyclic) bond motifs is 1. The molecule has 0 unspecified atom stereocenters. The fraction of sp³-hybridized carbons (Fsp3) is 0.423. The number of ketones is 1. The Bertz CT molecular complexity index is 1280. The summed E-state index contributed by atoms with van der Waals surface area (Å²) in [4.78, 5) is 23.4. The van der Waals surface area contributed by atoms with Crippen LogP contribution in [0.1, 0.15) is 44.2 Å². The topological polar surface area (TPSA) is 99.2 Å². The van der Waals surface area contributed by atoms with Crippen LogP contribution in [0.25, 0.3) is 11.0 Å². The zero-order valence-electron chi connectivity index (χ0n) is 21.0. The van der Waals surface area contributed by atoms with Gasteiger partial charge in [0.25, 0.3) is 0 Å². The van der Waals surface area contributed by atoms with E-state index < -0.39 is 0 Å². The highest BCUT2D eigenvalue weighted by molar-refractivity contribution is 5.83. The van der Waals surface area contributed by atoms with Gasteiger partial charge in [-0.1, -0.05) is 38.1 Å². The van der Waals surface area contributed by atoms with Crippen molar-refractivity contribution in [3.63, 3.8) is 0 Å². The van der Waals surface area contributed by atoms with E-state index in [2.05, 4.69) is 39.2 Å². The third-order valence-electron chi connectivity index (χ3n) is 5.59. The number of rotatable bonds is 10. The zero-order valence-corrected chi connectivity index (χ0v) is 21.0. The molecule has 0 spiro atoms. The molecule has 4 rings (SSSR count). The van der Waals surface area contributed by atoms with Gasteiger partial charge in [0.2, 0.25) is 5.88 Å². The Hall–Kier alpha value is -3.59. The smallest absolute Gasteiger partial charge is 0.233 e. The molecule has 0 aliphatic heterocycles. The molecule has 35 heavy (non-hydrogen) atoms. The van der Waals surface area contributed by atoms with Crippen molar-refractivity contribution in [1.29, 1.82) is 0 Å². The van der Waals surface area contributed by atoms with Crippen LogP contribution < -0.4 is 4.74 Å². The Kier molecular flexibility index (Phi) is 7.25. The summed E-state index contributed by atoms with van der Waals surface area (Å²) >= 11 is 0. The molecule has 0 aliphatic rings. The van der Waals surface area contributed by atoms with Crippen LogP contribution in [0, 0.1) is 0 Å². The molecule has 0 N–H and O–H groups in total. The summed E-state index contributed by atoms with van der Waals surface area (Å²) in [7, 11) is 4.10. The van der Waals surface area contributed by atoms with Crippen LogP contribution in [0.4, 0.5) is 0 Å². The minimum absolute atomic E-state index is 0.0756. The van der Waals surface area contributed by atoms with Crippen molar-refractivity contribution in [2.75, 3.05) is 20.6 Å². The van der Waals surface area contributed by atoms with Crippen molar-refractivity contribution in [3.05, 3.63) is 59.9 Å². The molecular weight excluding hydrogens is 444 g/mol. The quantitative estimate of drug-likeness (QED) is 0.336. The molecule has 9 heteroatoms. The van der Waals surface area contributed by atoms with Crippen molar-refractivity contribution < 1.29 is 14.1 Å². The monoisotopic (exact) mass is 476 g/mol. The van der Waals surface area contributed by atoms with Crippen molar-refractivity contribution in [1.82, 2.24) is 29.8 Å². The maximum atomic E-state index is 12.5. The van der Waals surface area contributed by atoms with Crippen LogP contribution in [0.15, 0.2) is 47.4 Å². The second-order valence-corrected chi connectivity index (χ2v) is 10.0. The van der Waals surface area contributed by atoms with Gasteiger partial charge in [0.15, 0.2) is 5.65 Å². The van der Waals surface area contributed by atoms with Crippen molar-refractivity contribution in [2.24, 2.45) is 0 Å². The molecule has 0 saturated heterocycles. The Morgan fingerprint density at radius 3 is 2.57 bits per heavy atom. The van der Waals surface area contributed by atoms with Crippen LogP contribution in [-0.4, -0.2) is 56.2 Å². The lowest BCUT2D eigenvalue weighted by atomic mass is 9.93. The molecule has 0 saturated carbocycles. The van der Waals surface area contributed by atoms with Crippen molar-refractivity contribution in [2.45, 2.75) is 52.0 Å². The molecule has 0 fully saturated rings. The Morgan fingerprint density at radius 1 is 1.11 bits per heavy atom. The lowest BCUT2D eigenvalue weighted by molar-refractivity contribution is -0.117. The fourth-order valence-electron chi connectivity index (χ4n) is 3.68. The van der Waals surface area contributed by atoms with Gasteiger partial charge in [-0.25, -0.2) is 14.6 Å². The highest BCUT2D eigenvalue weighted by atomic mass is 16.5. The fourth-order valence-corrected chi connectivity index (χ4v) is 3.68. The van der Waals surface area contributed by atoms with Gasteiger partial charge in [0, 0.05) is 24.4 Å². The molecule has 9 nitrogen and oxygen atoms in total. The number of carbonyl (C=O) groups excluding carboxylic acids is 1. The largest absolute Gasteiger partial charge is 0.438 e. The third kappa shape index (κ3) is 6.30. The Morgan fingerprint density at radius 2 is 1.89 bits per heavy atom. The van der Waals surface area contributed by atoms with Crippen LogP contribution in [-0.2, 0) is 29.6 Å². The number of carbonyl (C=O) groups is 1. The Labute approximate surface area is 205 Å². The van der Waals surface area contributed by atoms with Gasteiger partial charge < -0.3 is 14.2 Å². The number of hydrogen-bond donors (Lipinski definition) is 0. The number of ether oxygens (including phenoxy) is 1. The zero-order chi connectivity index (χ0) is 25.0. The molecule has 3 heterocycles. The van der Waals surface area contributed by atoms with E-state index in [-0.39, 0.29) is 17.6 Å². The maximum Gasteiger partial charge on any atom is 0.233 e. The van der Waals surface area contributed by atoms with E-state index in [1.54, 1.807) is 6.20 Å². The average molecular weight is 477 g/mol. The summed E-state index contributed by atoms with van der Waals surface area (Å²) in [6.07, 6.45) is 4.76. The van der Waals surface area contributed by atoms with Gasteiger partial charge in [-0.05, 0) is 44.8 Å². The lowest BCUT2D eigenvalue weighted by Crippen LogP contribution is -2.15. The van der Waals surface area contributed by atoms with E-state index in [0.717, 1.165) is 41.9 Å². The molecule has 4 aromatic rings. The standard InChI is InChI=1S/C26H32N6O3/c1-26(2,3)23-15-19(30-35-23)14-20(33)13-18-7-9-21(10-8-18)34-25-22-16-29-32(12-6-11-31(4)5)24(22)27-17-28-25/h7-10,15-17H,6,11-14H2,1-5H3. The number of benzene rings is 1. The summed E-state index contributed by atoms with van der Waals surface area (Å²) in [5, 5.41) is 9.26. The first-order chi connectivity index (χ1) is 16.7. The molecule has 0 radical (unpaired) electrons. The molecule has 0 amide bonds. The predicted molar refractivity (Wildman–Crippen MR) is 133 cm³/mol. The SMILES string of the molecule is CN(C)CCCn1ncc2c(Oc3ccc(CC(=O)Cc4cc(C(C)(C)C)on4)cc3)ncnc21. The number of aryl methyl sites for hydroxylation is 1. The first-order valence-electron chi connectivity index (χ1n) is 11.7. The van der Waals surface area contributed by atoms with E-state index in [1.165, 1.54) is 6.33 Å². The van der Waals surface area contributed by atoms with Crippen LogP contribution >= 0.6 is 0 Å². The van der Waals surface area contributed by atoms with Crippen molar-refractivity contribution in [3.8, 4) is 11.6 Å². The van der Waals surface area contributed by atoms with Gasteiger partial charge in [-0.15, -0.1) is 0 Å². The van der Waals surface area contributed by atoms with E-state index in [9.17, 15) is 4.79 Å². The highest BCUT2D eigenvalue weighted by Crippen LogP contribution is 2.27. The second kappa shape index (κ2) is 10.4. The molecule has 3 aromatic heterocycles. The summed E-state index contributed by atoms with van der Waals surface area (Å²) in [5.41, 5.74) is 2.18. The number of hydrogen-bond acceptors (Lipinski definition) is 8. The normalized spacial score (nSPS) is 11.9. The van der Waals surface area contributed by atoms with Gasteiger partial charge in [-0.3, -0.25) is 4.79 Å². The first-order valence-corrected chi connectivity index (χ1v) is 11.7. The molecule has 1 aromatic carbocycles. The second-order valence-electron chi connectivity index (χ2n) is 10.0. The lowest BCUT2D eigenvalue weighted by Gasteiger charge is -2.12. The summed E-state index contributed by atoms with van der Waals surface area (Å²) < 4.78 is 13.3. The molecule has 0 atom stereocenters. The predicted octanol–water partition coefficient (Wildman–Crippen LogP) is 4.21. The van der Waals surface area contributed by atoms with Crippen LogP contribution in [0.3, 0.4) is 0 Å². The molecule has 184 valence electrons. The van der Waals surface area contributed by atoms with Gasteiger partial charge in [0.1, 0.15) is 29.0 Å². The number of aromatic nitrogens is 5. The summed E-state index contributed by atoms with van der Waals surface area (Å²) in [5.74, 6) is 1.94. The maximum absolute atomic E-state index is 12.5. The average Bonchev–Trinajstić information content (AvgIpc) is 3.43. The summed E-state index contributed by atoms with van der Waals surface area (Å²) in [6.45, 7) is 7.89. The van der Waals surface area contributed by atoms with Gasteiger partial charge >= 0.3 is 0 Å². The highest BCUT2D eigenvalue weighted by Gasteiger charge is 2.20. The van der Waals surface area contributed by atoms with Crippen LogP contribution in [0.5, 0.6) is 11.6 Å². The van der Waals surface area contributed by atoms with Gasteiger partial charge in [0.05, 0.1) is 18.3 Å². The van der Waals surface area contributed by atoms with Gasteiger partial charge in [-0.2, -0.15) is 5.10 Å². The molecule has 0 bridgehead atoms. The first kappa shape index (κ1) is 24.5. The van der Waals surface area contributed by atoms with E-state index in [0.29, 0.717) is 23.7 Å². The minimum atomic E-state index is -0.135. The number of nitrogens with zero attached hydrogens (tertiary/aromatic N) is 6. The molecule has 0 aliphatic carbocycles. The number of Topliss-reactive ketones (excluding diaryl/α,β-unsaturated/α-hetero) is 1. The van der Waals surface area contributed by atoms with Crippen LogP contribution in [0.2, 0.25) is 0 Å². The summed E-state index contributed by atoms with van der Waals surface area (Å²) in [6, 6.07) is 9.32. The van der Waals surface area contributed by atoms with E-state index in [1.807, 2.05) is 55.8 Å². The Balaban J connectivity index is 1.37. The molecular formula is C26H32N6O3. The minimum Gasteiger partial charge on any atom is -0.438 e. The van der Waals surface area contributed by atoms with Crippen molar-refractivity contribution >= 4 is 16.8 Å². The third-order valence-corrected chi connectivity index (χ3v) is 5.59.